The molecule has 0 saturated carbocycles. The minimum Gasteiger partial charge on any atom is -0.473 e. The van der Waals surface area contributed by atoms with E-state index in [2.05, 4.69) is 28.4 Å². The summed E-state index contributed by atoms with van der Waals surface area (Å²) in [5, 5.41) is 0. The lowest BCUT2D eigenvalue weighted by Crippen LogP contribution is -2.40. The van der Waals surface area contributed by atoms with Crippen molar-refractivity contribution in [3.8, 4) is 5.88 Å². The van der Waals surface area contributed by atoms with Crippen LogP contribution in [0.15, 0.2) is 25.0 Å². The molecule has 0 amide bonds. The third-order valence-electron chi connectivity index (χ3n) is 3.61. The molecule has 2 heterocycles. The number of aromatic nitrogens is 2. The standard InChI is InChI=1S/C16H25N3OS/c1-3-5-6-15(12-19-7-9-21-10-8-19)20-16-11-14(4-2)17-13-18-16/h3,11,13,15H,1,4-10,12H2,2H3. The molecule has 0 aromatic carbocycles. The molecule has 1 atom stereocenters. The molecule has 1 aliphatic rings. The largest absolute Gasteiger partial charge is 0.473 e. The van der Waals surface area contributed by atoms with E-state index in [1.54, 1.807) is 6.33 Å². The van der Waals surface area contributed by atoms with Crippen molar-refractivity contribution >= 4 is 11.8 Å². The van der Waals surface area contributed by atoms with E-state index in [-0.39, 0.29) is 6.10 Å². The van der Waals surface area contributed by atoms with Crippen molar-refractivity contribution in [3.05, 3.63) is 30.7 Å². The van der Waals surface area contributed by atoms with Gasteiger partial charge >= 0.3 is 0 Å². The Morgan fingerprint density at radius 3 is 2.95 bits per heavy atom. The molecule has 2 rings (SSSR count). The van der Waals surface area contributed by atoms with Crippen LogP contribution in [0.1, 0.15) is 25.5 Å². The summed E-state index contributed by atoms with van der Waals surface area (Å²) in [6.07, 6.45) is 6.58. The Hall–Kier alpha value is -1.07. The zero-order valence-corrected chi connectivity index (χ0v) is 13.6. The van der Waals surface area contributed by atoms with Gasteiger partial charge in [-0.05, 0) is 19.3 Å². The van der Waals surface area contributed by atoms with Crippen molar-refractivity contribution in [2.45, 2.75) is 32.3 Å². The van der Waals surface area contributed by atoms with E-state index < -0.39 is 0 Å². The summed E-state index contributed by atoms with van der Waals surface area (Å²) in [6, 6.07) is 1.95. The first-order valence-electron chi connectivity index (χ1n) is 7.70. The van der Waals surface area contributed by atoms with Crippen molar-refractivity contribution in [3.63, 3.8) is 0 Å². The van der Waals surface area contributed by atoms with Gasteiger partial charge in [-0.15, -0.1) is 6.58 Å². The highest BCUT2D eigenvalue weighted by atomic mass is 32.2. The Bertz CT molecular complexity index is 435. The molecule has 4 nitrogen and oxygen atoms in total. The molecule has 116 valence electrons. The Labute approximate surface area is 132 Å². The molecule has 1 aromatic heterocycles. The average molecular weight is 307 g/mol. The number of hydrogen-bond acceptors (Lipinski definition) is 5. The van der Waals surface area contributed by atoms with Crippen LogP contribution in [0.4, 0.5) is 0 Å². The fraction of sp³-hybridized carbons (Fsp3) is 0.625. The minimum atomic E-state index is 0.172. The maximum absolute atomic E-state index is 6.11. The SMILES string of the molecule is C=CCCC(CN1CCSCC1)Oc1cc(CC)ncn1. The van der Waals surface area contributed by atoms with Gasteiger partial charge in [-0.25, -0.2) is 9.97 Å². The quantitative estimate of drug-likeness (QED) is 0.691. The molecule has 0 N–H and O–H groups in total. The highest BCUT2D eigenvalue weighted by Crippen LogP contribution is 2.16. The summed E-state index contributed by atoms with van der Waals surface area (Å²) in [6.45, 7) is 9.19. The lowest BCUT2D eigenvalue weighted by molar-refractivity contribution is 0.127. The van der Waals surface area contributed by atoms with Crippen LogP contribution in [-0.2, 0) is 6.42 Å². The van der Waals surface area contributed by atoms with Crippen molar-refractivity contribution in [2.24, 2.45) is 0 Å². The highest BCUT2D eigenvalue weighted by molar-refractivity contribution is 7.99. The van der Waals surface area contributed by atoms with Gasteiger partial charge < -0.3 is 4.74 Å². The Balaban J connectivity index is 1.95. The molecular weight excluding hydrogens is 282 g/mol. The van der Waals surface area contributed by atoms with Crippen LogP contribution in [0, 0.1) is 0 Å². The smallest absolute Gasteiger partial charge is 0.216 e. The summed E-state index contributed by atoms with van der Waals surface area (Å²) in [7, 11) is 0. The molecular formula is C16H25N3OS. The van der Waals surface area contributed by atoms with Crippen molar-refractivity contribution < 1.29 is 4.74 Å². The molecule has 0 radical (unpaired) electrons. The van der Waals surface area contributed by atoms with Crippen LogP contribution in [0.3, 0.4) is 0 Å². The minimum absolute atomic E-state index is 0.172. The predicted octanol–water partition coefficient (Wildman–Crippen LogP) is 2.80. The third-order valence-corrected chi connectivity index (χ3v) is 4.55. The Morgan fingerprint density at radius 1 is 1.43 bits per heavy atom. The van der Waals surface area contributed by atoms with E-state index in [1.165, 1.54) is 11.5 Å². The normalized spacial score (nSPS) is 17.4. The van der Waals surface area contributed by atoms with Crippen LogP contribution in [-0.4, -0.2) is 52.1 Å². The van der Waals surface area contributed by atoms with E-state index in [1.807, 2.05) is 23.9 Å². The van der Waals surface area contributed by atoms with Gasteiger partial charge in [0.05, 0.1) is 0 Å². The number of nitrogens with zero attached hydrogens (tertiary/aromatic N) is 3. The van der Waals surface area contributed by atoms with Crippen LogP contribution in [0.5, 0.6) is 5.88 Å². The van der Waals surface area contributed by atoms with E-state index >= 15 is 0 Å². The molecule has 1 saturated heterocycles. The molecule has 1 fully saturated rings. The zero-order valence-electron chi connectivity index (χ0n) is 12.8. The van der Waals surface area contributed by atoms with Gasteiger partial charge in [0.2, 0.25) is 5.88 Å². The fourth-order valence-electron chi connectivity index (χ4n) is 2.37. The first kappa shape index (κ1) is 16.3. The van der Waals surface area contributed by atoms with Crippen LogP contribution < -0.4 is 4.74 Å². The van der Waals surface area contributed by atoms with E-state index in [0.717, 1.165) is 44.6 Å². The number of ether oxygens (including phenoxy) is 1. The molecule has 21 heavy (non-hydrogen) atoms. The molecule has 1 aliphatic heterocycles. The van der Waals surface area contributed by atoms with Crippen molar-refractivity contribution in [2.75, 3.05) is 31.1 Å². The summed E-state index contributed by atoms with van der Waals surface area (Å²) in [4.78, 5) is 11.0. The molecule has 5 heteroatoms. The van der Waals surface area contributed by atoms with Crippen LogP contribution in [0.2, 0.25) is 0 Å². The van der Waals surface area contributed by atoms with Gasteiger partial charge in [0.25, 0.3) is 0 Å². The molecule has 0 bridgehead atoms. The lowest BCUT2D eigenvalue weighted by Gasteiger charge is -2.30. The maximum atomic E-state index is 6.11. The number of hydrogen-bond donors (Lipinski definition) is 0. The fourth-order valence-corrected chi connectivity index (χ4v) is 3.35. The van der Waals surface area contributed by atoms with Crippen molar-refractivity contribution in [1.29, 1.82) is 0 Å². The molecule has 0 aliphatic carbocycles. The monoisotopic (exact) mass is 307 g/mol. The van der Waals surface area contributed by atoms with Gasteiger partial charge in [-0.2, -0.15) is 11.8 Å². The van der Waals surface area contributed by atoms with E-state index in [0.29, 0.717) is 5.88 Å². The summed E-state index contributed by atoms with van der Waals surface area (Å²) in [5.41, 5.74) is 1.02. The Kier molecular flexibility index (Phi) is 7.03. The molecule has 1 unspecified atom stereocenters. The summed E-state index contributed by atoms with van der Waals surface area (Å²) in [5.74, 6) is 3.14. The first-order chi connectivity index (χ1) is 10.3. The predicted molar refractivity (Wildman–Crippen MR) is 89.0 cm³/mol. The van der Waals surface area contributed by atoms with E-state index in [4.69, 9.17) is 4.74 Å². The highest BCUT2D eigenvalue weighted by Gasteiger charge is 2.18. The second-order valence-electron chi connectivity index (χ2n) is 5.22. The maximum Gasteiger partial charge on any atom is 0.216 e. The molecule has 0 spiro atoms. The van der Waals surface area contributed by atoms with Crippen molar-refractivity contribution in [1.82, 2.24) is 14.9 Å². The average Bonchev–Trinajstić information content (AvgIpc) is 2.54. The number of aryl methyl sites for hydroxylation is 1. The van der Waals surface area contributed by atoms with Gasteiger partial charge in [0.15, 0.2) is 0 Å². The zero-order chi connectivity index (χ0) is 14.9. The second-order valence-corrected chi connectivity index (χ2v) is 6.44. The summed E-state index contributed by atoms with van der Waals surface area (Å²) < 4.78 is 6.11. The third kappa shape index (κ3) is 5.67. The number of rotatable bonds is 8. The number of thioether (sulfide) groups is 1. The molecule has 1 aromatic rings. The Morgan fingerprint density at radius 2 is 2.24 bits per heavy atom. The summed E-state index contributed by atoms with van der Waals surface area (Å²) >= 11 is 2.03. The van der Waals surface area contributed by atoms with Crippen LogP contribution in [0.25, 0.3) is 0 Å². The number of allylic oxidation sites excluding steroid dienone is 1. The van der Waals surface area contributed by atoms with Gasteiger partial charge in [-0.1, -0.05) is 13.0 Å². The van der Waals surface area contributed by atoms with Gasteiger partial charge in [-0.3, -0.25) is 4.90 Å². The van der Waals surface area contributed by atoms with E-state index in [9.17, 15) is 0 Å². The van der Waals surface area contributed by atoms with Gasteiger partial charge in [0.1, 0.15) is 12.4 Å². The second kappa shape index (κ2) is 9.05. The first-order valence-corrected chi connectivity index (χ1v) is 8.86. The topological polar surface area (TPSA) is 38.2 Å². The lowest BCUT2D eigenvalue weighted by atomic mass is 10.2. The van der Waals surface area contributed by atoms with Crippen LogP contribution >= 0.6 is 11.8 Å². The van der Waals surface area contributed by atoms with Gasteiger partial charge in [0, 0.05) is 42.9 Å².